The minimum absolute atomic E-state index is 0.0285. The lowest BCUT2D eigenvalue weighted by Crippen LogP contribution is -2.03. The highest BCUT2D eigenvalue weighted by molar-refractivity contribution is 6.31. The van der Waals surface area contributed by atoms with E-state index in [1.54, 1.807) is 25.5 Å². The number of nitrogens with zero attached hydrogens (tertiary/aromatic N) is 2. The molecule has 0 radical (unpaired) electrons. The number of nitro benzene ring substituents is 1. The predicted molar refractivity (Wildman–Crippen MR) is 132 cm³/mol. The molecule has 3 aromatic carbocycles. The van der Waals surface area contributed by atoms with Crippen LogP contribution >= 0.6 is 11.6 Å². The van der Waals surface area contributed by atoms with Crippen molar-refractivity contribution in [1.29, 1.82) is 0 Å². The van der Waals surface area contributed by atoms with Crippen molar-refractivity contribution in [2.45, 2.75) is 33.3 Å². The van der Waals surface area contributed by atoms with E-state index in [4.69, 9.17) is 21.1 Å². The molecule has 33 heavy (non-hydrogen) atoms. The summed E-state index contributed by atoms with van der Waals surface area (Å²) in [5.74, 6) is 1.78. The van der Waals surface area contributed by atoms with Crippen LogP contribution in [0.4, 0.5) is 11.4 Å². The van der Waals surface area contributed by atoms with E-state index in [0.29, 0.717) is 18.0 Å². The van der Waals surface area contributed by atoms with Crippen LogP contribution in [0.15, 0.2) is 59.7 Å². The fourth-order valence-corrected chi connectivity index (χ4v) is 3.40. The summed E-state index contributed by atoms with van der Waals surface area (Å²) in [6.45, 7) is 6.48. The van der Waals surface area contributed by atoms with Gasteiger partial charge in [-0.15, -0.1) is 0 Å². The minimum atomic E-state index is -0.441. The first-order valence-electron chi connectivity index (χ1n) is 10.4. The molecule has 7 nitrogen and oxygen atoms in total. The highest BCUT2D eigenvalue weighted by atomic mass is 35.5. The Labute approximate surface area is 198 Å². The Morgan fingerprint density at radius 1 is 1.12 bits per heavy atom. The molecule has 0 saturated heterocycles. The number of hydrazone groups is 1. The first kappa shape index (κ1) is 24.1. The van der Waals surface area contributed by atoms with Gasteiger partial charge in [-0.1, -0.05) is 25.4 Å². The van der Waals surface area contributed by atoms with Crippen molar-refractivity contribution in [1.82, 2.24) is 0 Å². The molecule has 0 spiro atoms. The molecule has 0 amide bonds. The monoisotopic (exact) mass is 467 g/mol. The molecule has 0 atom stereocenters. The highest BCUT2D eigenvalue weighted by Gasteiger charge is 2.13. The Morgan fingerprint density at radius 2 is 1.85 bits per heavy atom. The average molecular weight is 468 g/mol. The van der Waals surface area contributed by atoms with Crippen molar-refractivity contribution in [2.75, 3.05) is 12.5 Å². The van der Waals surface area contributed by atoms with Gasteiger partial charge in [0.1, 0.15) is 18.1 Å². The van der Waals surface area contributed by atoms with Gasteiger partial charge < -0.3 is 9.47 Å². The molecule has 0 aliphatic carbocycles. The largest absolute Gasteiger partial charge is 0.496 e. The third-order valence-corrected chi connectivity index (χ3v) is 5.49. The molecule has 0 aliphatic heterocycles. The van der Waals surface area contributed by atoms with Crippen LogP contribution in [0.3, 0.4) is 0 Å². The van der Waals surface area contributed by atoms with Gasteiger partial charge in [0, 0.05) is 22.7 Å². The summed E-state index contributed by atoms with van der Waals surface area (Å²) >= 11 is 6.30. The number of anilines is 1. The van der Waals surface area contributed by atoms with Crippen LogP contribution in [-0.4, -0.2) is 18.2 Å². The predicted octanol–water partition coefficient (Wildman–Crippen LogP) is 6.71. The second-order valence-electron chi connectivity index (χ2n) is 7.83. The van der Waals surface area contributed by atoms with E-state index in [1.807, 2.05) is 37.3 Å². The Bertz CT molecular complexity index is 1160. The number of ether oxygens (including phenoxy) is 2. The molecule has 8 heteroatoms. The third-order valence-electron chi connectivity index (χ3n) is 5.09. The SMILES string of the molecule is COc1ccc(/C=N\Nc2ccc([N+](=O)[O-])cc2)cc1COc1cc(C)c(Cl)cc1C(C)C. The summed E-state index contributed by atoms with van der Waals surface area (Å²) in [4.78, 5) is 10.3. The number of hydrogen-bond acceptors (Lipinski definition) is 6. The molecule has 0 unspecified atom stereocenters. The van der Waals surface area contributed by atoms with Gasteiger partial charge in [0.15, 0.2) is 0 Å². The summed E-state index contributed by atoms with van der Waals surface area (Å²) in [6.07, 6.45) is 1.66. The van der Waals surface area contributed by atoms with E-state index < -0.39 is 4.92 Å². The van der Waals surface area contributed by atoms with Crippen LogP contribution in [0.1, 0.15) is 42.0 Å². The molecule has 3 aromatic rings. The van der Waals surface area contributed by atoms with Crippen molar-refractivity contribution in [3.05, 3.63) is 92.0 Å². The fourth-order valence-electron chi connectivity index (χ4n) is 3.23. The number of methoxy groups -OCH3 is 1. The van der Waals surface area contributed by atoms with Crippen LogP contribution in [0, 0.1) is 17.0 Å². The maximum atomic E-state index is 10.8. The summed E-state index contributed by atoms with van der Waals surface area (Å²) in [5.41, 5.74) is 7.28. The van der Waals surface area contributed by atoms with Crippen LogP contribution in [0.5, 0.6) is 11.5 Å². The Morgan fingerprint density at radius 3 is 2.48 bits per heavy atom. The highest BCUT2D eigenvalue weighted by Crippen LogP contribution is 2.33. The summed E-state index contributed by atoms with van der Waals surface area (Å²) in [5, 5.41) is 15.7. The van der Waals surface area contributed by atoms with Crippen molar-refractivity contribution >= 4 is 29.2 Å². The topological polar surface area (TPSA) is 86.0 Å². The van der Waals surface area contributed by atoms with Crippen molar-refractivity contribution < 1.29 is 14.4 Å². The van der Waals surface area contributed by atoms with E-state index in [-0.39, 0.29) is 11.6 Å². The second-order valence-corrected chi connectivity index (χ2v) is 8.24. The van der Waals surface area contributed by atoms with E-state index in [2.05, 4.69) is 24.4 Å². The maximum absolute atomic E-state index is 10.8. The van der Waals surface area contributed by atoms with E-state index >= 15 is 0 Å². The fraction of sp³-hybridized carbons (Fsp3) is 0.240. The number of rotatable bonds is 9. The van der Waals surface area contributed by atoms with Gasteiger partial charge >= 0.3 is 0 Å². The molecule has 0 bridgehead atoms. The minimum Gasteiger partial charge on any atom is -0.496 e. The molecule has 0 saturated carbocycles. The van der Waals surface area contributed by atoms with Crippen LogP contribution in [0.2, 0.25) is 5.02 Å². The van der Waals surface area contributed by atoms with Gasteiger partial charge in [-0.25, -0.2) is 0 Å². The van der Waals surface area contributed by atoms with Gasteiger partial charge in [0.2, 0.25) is 0 Å². The Kier molecular flexibility index (Phi) is 7.90. The number of benzene rings is 3. The van der Waals surface area contributed by atoms with Gasteiger partial charge in [-0.3, -0.25) is 15.5 Å². The molecule has 0 heterocycles. The number of nitro groups is 1. The van der Waals surface area contributed by atoms with Gasteiger partial charge in [-0.2, -0.15) is 5.10 Å². The molecule has 0 fully saturated rings. The lowest BCUT2D eigenvalue weighted by molar-refractivity contribution is -0.384. The van der Waals surface area contributed by atoms with E-state index in [1.165, 1.54) is 12.1 Å². The van der Waals surface area contributed by atoms with Crippen LogP contribution < -0.4 is 14.9 Å². The zero-order valence-corrected chi connectivity index (χ0v) is 19.7. The molecule has 0 aliphatic rings. The number of halogens is 1. The quantitative estimate of drug-likeness (QED) is 0.214. The molecule has 172 valence electrons. The number of nitrogens with one attached hydrogen (secondary N) is 1. The van der Waals surface area contributed by atoms with Crippen molar-refractivity contribution in [2.24, 2.45) is 5.10 Å². The van der Waals surface area contributed by atoms with E-state index in [9.17, 15) is 10.1 Å². The molecular weight excluding hydrogens is 442 g/mol. The summed E-state index contributed by atoms with van der Waals surface area (Å²) in [6, 6.07) is 15.7. The normalized spacial score (nSPS) is 11.1. The number of hydrogen-bond donors (Lipinski definition) is 1. The zero-order chi connectivity index (χ0) is 24.0. The lowest BCUT2D eigenvalue weighted by Gasteiger charge is -2.17. The second kappa shape index (κ2) is 10.8. The number of aryl methyl sites for hydroxylation is 1. The van der Waals surface area contributed by atoms with Crippen LogP contribution in [-0.2, 0) is 6.61 Å². The third kappa shape index (κ3) is 6.23. The summed E-state index contributed by atoms with van der Waals surface area (Å²) in [7, 11) is 1.62. The van der Waals surface area contributed by atoms with Gasteiger partial charge in [0.25, 0.3) is 5.69 Å². The van der Waals surface area contributed by atoms with Crippen molar-refractivity contribution in [3.63, 3.8) is 0 Å². The molecule has 1 N–H and O–H groups in total. The first-order valence-corrected chi connectivity index (χ1v) is 10.8. The van der Waals surface area contributed by atoms with Crippen LogP contribution in [0.25, 0.3) is 0 Å². The number of non-ortho nitro benzene ring substituents is 1. The zero-order valence-electron chi connectivity index (χ0n) is 19.0. The average Bonchev–Trinajstić information content (AvgIpc) is 2.79. The smallest absolute Gasteiger partial charge is 0.269 e. The van der Waals surface area contributed by atoms with E-state index in [0.717, 1.165) is 33.0 Å². The Hall–Kier alpha value is -3.58. The first-order chi connectivity index (χ1) is 15.8. The van der Waals surface area contributed by atoms with Gasteiger partial charge in [0.05, 0.1) is 23.9 Å². The molecule has 3 rings (SSSR count). The molecular formula is C25H26ClN3O4. The summed E-state index contributed by atoms with van der Waals surface area (Å²) < 4.78 is 11.7. The standard InChI is InChI=1S/C25H26ClN3O4/c1-16(2)22-13-23(26)17(3)11-25(22)33-15-19-12-18(5-10-24(19)32-4)14-27-28-20-6-8-21(9-7-20)29(30)31/h5-14,16,28H,15H2,1-4H3/b27-14-. The molecule has 0 aromatic heterocycles. The lowest BCUT2D eigenvalue weighted by atomic mass is 10.0. The van der Waals surface area contributed by atoms with Gasteiger partial charge in [-0.05, 0) is 72.0 Å². The Balaban J connectivity index is 1.74. The maximum Gasteiger partial charge on any atom is 0.269 e. The van der Waals surface area contributed by atoms with Crippen molar-refractivity contribution in [3.8, 4) is 11.5 Å².